The Balaban J connectivity index is 1.53. The summed E-state index contributed by atoms with van der Waals surface area (Å²) in [6.45, 7) is 3.82. The van der Waals surface area contributed by atoms with Crippen molar-refractivity contribution in [1.82, 2.24) is 4.90 Å². The van der Waals surface area contributed by atoms with Gasteiger partial charge in [0.05, 0.1) is 7.11 Å². The van der Waals surface area contributed by atoms with Gasteiger partial charge in [0, 0.05) is 37.6 Å². The molecule has 2 aromatic carbocycles. The van der Waals surface area contributed by atoms with E-state index in [0.717, 1.165) is 42.7 Å². The van der Waals surface area contributed by atoms with Crippen LogP contribution in [0, 0.1) is 0 Å². The second-order valence-electron chi connectivity index (χ2n) is 5.47. The van der Waals surface area contributed by atoms with Crippen molar-refractivity contribution in [3.63, 3.8) is 0 Å². The number of hydrogen-bond donors (Lipinski definition) is 1. The van der Waals surface area contributed by atoms with E-state index in [2.05, 4.69) is 39.4 Å². The molecule has 0 saturated carbocycles. The van der Waals surface area contributed by atoms with Crippen molar-refractivity contribution < 1.29 is 4.74 Å². The number of ether oxygens (including phenoxy) is 1. The van der Waals surface area contributed by atoms with Crippen LogP contribution in [-0.4, -0.2) is 43.3 Å². The first-order valence-corrected chi connectivity index (χ1v) is 8.17. The number of nitrogens with zero attached hydrogens (tertiary/aromatic N) is 2. The van der Waals surface area contributed by atoms with E-state index in [-0.39, 0.29) is 0 Å². The van der Waals surface area contributed by atoms with Gasteiger partial charge in [-0.1, -0.05) is 18.2 Å². The van der Waals surface area contributed by atoms with Crippen LogP contribution in [0.1, 0.15) is 0 Å². The van der Waals surface area contributed by atoms with Crippen LogP contribution in [0.2, 0.25) is 0 Å². The zero-order valence-electron chi connectivity index (χ0n) is 13.2. The van der Waals surface area contributed by atoms with Crippen LogP contribution < -0.4 is 15.0 Å². The largest absolute Gasteiger partial charge is 0.497 e. The molecule has 0 unspecified atom stereocenters. The predicted octanol–water partition coefficient (Wildman–Crippen LogP) is 3.21. The smallest absolute Gasteiger partial charge is 0.173 e. The highest BCUT2D eigenvalue weighted by Gasteiger charge is 2.19. The van der Waals surface area contributed by atoms with Gasteiger partial charge in [0.15, 0.2) is 5.11 Å². The van der Waals surface area contributed by atoms with Crippen molar-refractivity contribution >= 4 is 28.7 Å². The van der Waals surface area contributed by atoms with E-state index < -0.39 is 0 Å². The third-order valence-corrected chi connectivity index (χ3v) is 4.39. The molecule has 0 spiro atoms. The van der Waals surface area contributed by atoms with Crippen LogP contribution in [-0.2, 0) is 0 Å². The lowest BCUT2D eigenvalue weighted by Crippen LogP contribution is -2.50. The monoisotopic (exact) mass is 327 g/mol. The maximum Gasteiger partial charge on any atom is 0.173 e. The van der Waals surface area contributed by atoms with E-state index in [0.29, 0.717) is 0 Å². The second kappa shape index (κ2) is 7.33. The molecule has 3 rings (SSSR count). The molecule has 120 valence electrons. The summed E-state index contributed by atoms with van der Waals surface area (Å²) in [5.74, 6) is 0.845. The summed E-state index contributed by atoms with van der Waals surface area (Å²) in [6, 6.07) is 18.3. The fraction of sp³-hybridized carbons (Fsp3) is 0.278. The van der Waals surface area contributed by atoms with E-state index in [9.17, 15) is 0 Å². The normalized spacial score (nSPS) is 14.5. The minimum Gasteiger partial charge on any atom is -0.497 e. The summed E-state index contributed by atoms with van der Waals surface area (Å²) >= 11 is 5.54. The van der Waals surface area contributed by atoms with Crippen LogP contribution in [0.5, 0.6) is 5.75 Å². The first kappa shape index (κ1) is 15.6. The molecule has 0 atom stereocenters. The second-order valence-corrected chi connectivity index (χ2v) is 5.85. The Morgan fingerprint density at radius 3 is 2.22 bits per heavy atom. The van der Waals surface area contributed by atoms with Crippen molar-refractivity contribution in [2.75, 3.05) is 43.5 Å². The van der Waals surface area contributed by atoms with Crippen LogP contribution in [0.3, 0.4) is 0 Å². The number of rotatable bonds is 3. The Bertz CT molecular complexity index is 637. The van der Waals surface area contributed by atoms with E-state index in [1.54, 1.807) is 7.11 Å². The first-order valence-electron chi connectivity index (χ1n) is 7.76. The number of anilines is 2. The summed E-state index contributed by atoms with van der Waals surface area (Å²) in [6.07, 6.45) is 0. The third kappa shape index (κ3) is 3.93. The van der Waals surface area contributed by atoms with Crippen LogP contribution >= 0.6 is 12.2 Å². The molecule has 5 heteroatoms. The Labute approximate surface area is 142 Å². The van der Waals surface area contributed by atoms with Gasteiger partial charge in [-0.15, -0.1) is 0 Å². The molecule has 1 saturated heterocycles. The third-order valence-electron chi connectivity index (χ3n) is 4.03. The average Bonchev–Trinajstić information content (AvgIpc) is 2.63. The van der Waals surface area contributed by atoms with Crippen molar-refractivity contribution in [1.29, 1.82) is 0 Å². The highest BCUT2D eigenvalue weighted by Crippen LogP contribution is 2.18. The lowest BCUT2D eigenvalue weighted by molar-refractivity contribution is 0.391. The Hall–Kier alpha value is -2.27. The Morgan fingerprint density at radius 2 is 1.61 bits per heavy atom. The van der Waals surface area contributed by atoms with E-state index in [1.807, 2.05) is 30.3 Å². The summed E-state index contributed by atoms with van der Waals surface area (Å²) in [4.78, 5) is 4.62. The lowest BCUT2D eigenvalue weighted by Gasteiger charge is -2.37. The van der Waals surface area contributed by atoms with Crippen molar-refractivity contribution in [2.45, 2.75) is 0 Å². The van der Waals surface area contributed by atoms with Gasteiger partial charge in [0.25, 0.3) is 0 Å². The maximum atomic E-state index is 5.54. The molecule has 0 bridgehead atoms. The summed E-state index contributed by atoms with van der Waals surface area (Å²) < 4.78 is 5.17. The molecule has 0 aliphatic carbocycles. The molecule has 0 radical (unpaired) electrons. The molecular weight excluding hydrogens is 306 g/mol. The van der Waals surface area contributed by atoms with Crippen LogP contribution in [0.25, 0.3) is 0 Å². The molecule has 23 heavy (non-hydrogen) atoms. The van der Waals surface area contributed by atoms with Gasteiger partial charge in [0.1, 0.15) is 5.75 Å². The number of para-hydroxylation sites is 1. The minimum absolute atomic E-state index is 0.780. The van der Waals surface area contributed by atoms with Gasteiger partial charge in [-0.3, -0.25) is 0 Å². The molecule has 1 aliphatic heterocycles. The number of nitrogens with one attached hydrogen (secondary N) is 1. The predicted molar refractivity (Wildman–Crippen MR) is 99.4 cm³/mol. The minimum atomic E-state index is 0.780. The number of piperazine rings is 1. The maximum absolute atomic E-state index is 5.54. The van der Waals surface area contributed by atoms with Gasteiger partial charge >= 0.3 is 0 Å². The fourth-order valence-corrected chi connectivity index (χ4v) is 2.98. The van der Waals surface area contributed by atoms with Gasteiger partial charge in [-0.25, -0.2) is 0 Å². The van der Waals surface area contributed by atoms with Gasteiger partial charge in [0.2, 0.25) is 0 Å². The molecular formula is C18H21N3OS. The molecule has 1 aliphatic rings. The van der Waals surface area contributed by atoms with Gasteiger partial charge < -0.3 is 19.9 Å². The van der Waals surface area contributed by atoms with E-state index in [4.69, 9.17) is 17.0 Å². The SMILES string of the molecule is COc1ccc(NC(=S)N2CCN(c3ccccc3)CC2)cc1. The van der Waals surface area contributed by atoms with E-state index >= 15 is 0 Å². The van der Waals surface area contributed by atoms with Crippen molar-refractivity contribution in [3.05, 3.63) is 54.6 Å². The van der Waals surface area contributed by atoms with Crippen LogP contribution in [0.15, 0.2) is 54.6 Å². The van der Waals surface area contributed by atoms with Gasteiger partial charge in [-0.05, 0) is 48.6 Å². The molecule has 4 nitrogen and oxygen atoms in total. The highest BCUT2D eigenvalue weighted by molar-refractivity contribution is 7.80. The number of thiocarbonyl (C=S) groups is 1. The summed E-state index contributed by atoms with van der Waals surface area (Å²) in [7, 11) is 1.67. The first-order chi connectivity index (χ1) is 11.3. The van der Waals surface area contributed by atoms with Crippen LogP contribution in [0.4, 0.5) is 11.4 Å². The highest BCUT2D eigenvalue weighted by atomic mass is 32.1. The Kier molecular flexibility index (Phi) is 4.98. The number of benzene rings is 2. The van der Waals surface area contributed by atoms with Crippen molar-refractivity contribution in [2.24, 2.45) is 0 Å². The van der Waals surface area contributed by atoms with Gasteiger partial charge in [-0.2, -0.15) is 0 Å². The average molecular weight is 327 g/mol. The quantitative estimate of drug-likeness (QED) is 0.874. The zero-order chi connectivity index (χ0) is 16.1. The number of hydrogen-bond acceptors (Lipinski definition) is 3. The fourth-order valence-electron chi connectivity index (χ4n) is 2.68. The standard InChI is InChI=1S/C18H21N3OS/c1-22-17-9-7-15(8-10-17)19-18(23)21-13-11-20(12-14-21)16-5-3-2-4-6-16/h2-10H,11-14H2,1H3,(H,19,23). The molecule has 0 aromatic heterocycles. The summed E-state index contributed by atoms with van der Waals surface area (Å²) in [5.41, 5.74) is 2.27. The van der Waals surface area contributed by atoms with Crippen molar-refractivity contribution in [3.8, 4) is 5.75 Å². The molecule has 1 fully saturated rings. The Morgan fingerprint density at radius 1 is 0.957 bits per heavy atom. The molecule has 0 amide bonds. The molecule has 1 N–H and O–H groups in total. The summed E-state index contributed by atoms with van der Waals surface area (Å²) in [5, 5.41) is 4.08. The molecule has 1 heterocycles. The molecule has 2 aromatic rings. The van der Waals surface area contributed by atoms with E-state index in [1.165, 1.54) is 5.69 Å². The zero-order valence-corrected chi connectivity index (χ0v) is 14.1. The topological polar surface area (TPSA) is 27.7 Å². The lowest BCUT2D eigenvalue weighted by atomic mass is 10.2. The number of methoxy groups -OCH3 is 1.